The Morgan fingerprint density at radius 3 is 3.12 bits per heavy atom. The van der Waals surface area contributed by atoms with Crippen molar-refractivity contribution in [2.75, 3.05) is 25.5 Å². The third kappa shape index (κ3) is 3.49. The Morgan fingerprint density at radius 2 is 2.41 bits per heavy atom. The lowest BCUT2D eigenvalue weighted by atomic mass is 9.97. The molecule has 1 saturated heterocycles. The Bertz CT molecular complexity index is 375. The third-order valence-corrected chi connectivity index (χ3v) is 3.59. The first-order chi connectivity index (χ1) is 8.29. The van der Waals surface area contributed by atoms with Gasteiger partial charge in [-0.15, -0.1) is 11.3 Å². The van der Waals surface area contributed by atoms with E-state index in [-0.39, 0.29) is 11.8 Å². The van der Waals surface area contributed by atoms with Crippen molar-refractivity contribution in [3.8, 4) is 0 Å². The number of aromatic nitrogens is 1. The van der Waals surface area contributed by atoms with Crippen LogP contribution >= 0.6 is 11.3 Å². The number of thiazole rings is 1. The minimum atomic E-state index is 0.0878. The SMILES string of the molecule is COCc1csc(NC(=O)C2CCNCC2)n1. The van der Waals surface area contributed by atoms with Crippen LogP contribution in [-0.4, -0.2) is 31.1 Å². The largest absolute Gasteiger partial charge is 0.378 e. The average molecular weight is 255 g/mol. The number of amides is 1. The molecule has 1 aliphatic heterocycles. The van der Waals surface area contributed by atoms with E-state index in [1.54, 1.807) is 7.11 Å². The molecule has 0 aliphatic carbocycles. The minimum Gasteiger partial charge on any atom is -0.378 e. The van der Waals surface area contributed by atoms with Crippen LogP contribution in [-0.2, 0) is 16.1 Å². The van der Waals surface area contributed by atoms with Crippen molar-refractivity contribution in [1.82, 2.24) is 10.3 Å². The first kappa shape index (κ1) is 12.5. The predicted octanol–water partition coefficient (Wildman–Crippen LogP) is 1.23. The number of nitrogens with one attached hydrogen (secondary N) is 2. The summed E-state index contributed by atoms with van der Waals surface area (Å²) in [6.45, 7) is 2.33. The third-order valence-electron chi connectivity index (χ3n) is 2.78. The van der Waals surface area contributed by atoms with Gasteiger partial charge in [0, 0.05) is 18.4 Å². The number of rotatable bonds is 4. The summed E-state index contributed by atoms with van der Waals surface area (Å²) in [7, 11) is 1.63. The second-order valence-electron chi connectivity index (χ2n) is 4.09. The van der Waals surface area contributed by atoms with Gasteiger partial charge < -0.3 is 15.4 Å². The Hall–Kier alpha value is -0.980. The summed E-state index contributed by atoms with van der Waals surface area (Å²) in [5, 5.41) is 8.69. The van der Waals surface area contributed by atoms with Crippen LogP contribution in [0.2, 0.25) is 0 Å². The number of piperidine rings is 1. The fourth-order valence-corrected chi connectivity index (χ4v) is 2.57. The standard InChI is InChI=1S/C11H17N3O2S/c1-16-6-9-7-17-11(13-9)14-10(15)8-2-4-12-5-3-8/h7-8,12H,2-6H2,1H3,(H,13,14,15). The molecule has 94 valence electrons. The molecule has 0 spiro atoms. The number of carbonyl (C=O) groups is 1. The highest BCUT2D eigenvalue weighted by molar-refractivity contribution is 7.13. The fourth-order valence-electron chi connectivity index (χ4n) is 1.87. The number of carbonyl (C=O) groups excluding carboxylic acids is 1. The van der Waals surface area contributed by atoms with Crippen molar-refractivity contribution < 1.29 is 9.53 Å². The molecular weight excluding hydrogens is 238 g/mol. The van der Waals surface area contributed by atoms with Crippen LogP contribution in [0, 0.1) is 5.92 Å². The van der Waals surface area contributed by atoms with Crippen molar-refractivity contribution in [2.24, 2.45) is 5.92 Å². The van der Waals surface area contributed by atoms with Crippen LogP contribution in [0.25, 0.3) is 0 Å². The lowest BCUT2D eigenvalue weighted by molar-refractivity contribution is -0.120. The van der Waals surface area contributed by atoms with Crippen LogP contribution in [0.15, 0.2) is 5.38 Å². The number of nitrogens with zero attached hydrogens (tertiary/aromatic N) is 1. The van der Waals surface area contributed by atoms with Gasteiger partial charge in [0.15, 0.2) is 5.13 Å². The van der Waals surface area contributed by atoms with Crippen molar-refractivity contribution in [3.05, 3.63) is 11.1 Å². The molecule has 1 aliphatic rings. The summed E-state index contributed by atoms with van der Waals surface area (Å²) >= 11 is 1.44. The van der Waals surface area contributed by atoms with Gasteiger partial charge in [-0.2, -0.15) is 0 Å². The van der Waals surface area contributed by atoms with Gasteiger partial charge in [-0.05, 0) is 25.9 Å². The molecule has 1 aromatic heterocycles. The molecule has 2 N–H and O–H groups in total. The zero-order chi connectivity index (χ0) is 12.1. The van der Waals surface area contributed by atoms with E-state index in [1.807, 2.05) is 5.38 Å². The molecule has 0 atom stereocenters. The van der Waals surface area contributed by atoms with Crippen LogP contribution in [0.3, 0.4) is 0 Å². The normalized spacial score (nSPS) is 17.0. The van der Waals surface area contributed by atoms with Crippen molar-refractivity contribution in [2.45, 2.75) is 19.4 Å². The summed E-state index contributed by atoms with van der Waals surface area (Å²) in [4.78, 5) is 16.2. The number of methoxy groups -OCH3 is 1. The van der Waals surface area contributed by atoms with Gasteiger partial charge in [0.05, 0.1) is 12.3 Å². The Labute approximate surface area is 105 Å². The first-order valence-electron chi connectivity index (χ1n) is 5.74. The molecule has 1 amide bonds. The molecule has 17 heavy (non-hydrogen) atoms. The summed E-state index contributed by atoms with van der Waals surface area (Å²) in [5.41, 5.74) is 0.859. The second-order valence-corrected chi connectivity index (χ2v) is 4.95. The number of ether oxygens (including phenoxy) is 1. The maximum atomic E-state index is 11.9. The lowest BCUT2D eigenvalue weighted by Crippen LogP contribution is -2.34. The molecule has 5 nitrogen and oxygen atoms in total. The molecule has 0 unspecified atom stereocenters. The van der Waals surface area contributed by atoms with Gasteiger partial charge in [0.2, 0.25) is 5.91 Å². The van der Waals surface area contributed by atoms with Crippen LogP contribution < -0.4 is 10.6 Å². The molecule has 0 saturated carbocycles. The van der Waals surface area contributed by atoms with E-state index in [0.29, 0.717) is 11.7 Å². The van der Waals surface area contributed by atoms with E-state index < -0.39 is 0 Å². The highest BCUT2D eigenvalue weighted by atomic mass is 32.1. The van der Waals surface area contributed by atoms with Crippen molar-refractivity contribution >= 4 is 22.4 Å². The van der Waals surface area contributed by atoms with E-state index in [2.05, 4.69) is 15.6 Å². The minimum absolute atomic E-state index is 0.0878. The Balaban J connectivity index is 1.88. The fraction of sp³-hybridized carbons (Fsp3) is 0.636. The average Bonchev–Trinajstić information content (AvgIpc) is 2.78. The number of hydrogen-bond acceptors (Lipinski definition) is 5. The van der Waals surface area contributed by atoms with Crippen LogP contribution in [0.5, 0.6) is 0 Å². The molecule has 1 fully saturated rings. The van der Waals surface area contributed by atoms with Crippen molar-refractivity contribution in [3.63, 3.8) is 0 Å². The quantitative estimate of drug-likeness (QED) is 0.849. The number of hydrogen-bond donors (Lipinski definition) is 2. The Kier molecular flexibility index (Phi) is 4.47. The second kappa shape index (κ2) is 6.09. The van der Waals surface area contributed by atoms with E-state index in [4.69, 9.17) is 4.74 Å². The molecular formula is C11H17N3O2S. The zero-order valence-corrected chi connectivity index (χ0v) is 10.7. The highest BCUT2D eigenvalue weighted by Gasteiger charge is 2.21. The van der Waals surface area contributed by atoms with Gasteiger partial charge in [0.25, 0.3) is 0 Å². The van der Waals surface area contributed by atoms with Crippen molar-refractivity contribution in [1.29, 1.82) is 0 Å². The van der Waals surface area contributed by atoms with Gasteiger partial charge in [-0.3, -0.25) is 4.79 Å². The maximum absolute atomic E-state index is 11.9. The summed E-state index contributed by atoms with van der Waals surface area (Å²) < 4.78 is 4.99. The summed E-state index contributed by atoms with van der Waals surface area (Å²) in [6, 6.07) is 0. The smallest absolute Gasteiger partial charge is 0.229 e. The number of anilines is 1. The molecule has 0 aromatic carbocycles. The zero-order valence-electron chi connectivity index (χ0n) is 9.86. The Morgan fingerprint density at radius 1 is 1.65 bits per heavy atom. The van der Waals surface area contributed by atoms with E-state index in [9.17, 15) is 4.79 Å². The molecule has 2 heterocycles. The van der Waals surface area contributed by atoms with Gasteiger partial charge in [0.1, 0.15) is 0 Å². The highest BCUT2D eigenvalue weighted by Crippen LogP contribution is 2.19. The lowest BCUT2D eigenvalue weighted by Gasteiger charge is -2.20. The molecule has 0 bridgehead atoms. The topological polar surface area (TPSA) is 63.2 Å². The summed E-state index contributed by atoms with van der Waals surface area (Å²) in [5.74, 6) is 0.204. The monoisotopic (exact) mass is 255 g/mol. The first-order valence-corrected chi connectivity index (χ1v) is 6.62. The van der Waals surface area contributed by atoms with Gasteiger partial charge in [-0.1, -0.05) is 0 Å². The maximum Gasteiger partial charge on any atom is 0.229 e. The van der Waals surface area contributed by atoms with Gasteiger partial charge in [-0.25, -0.2) is 4.98 Å². The van der Waals surface area contributed by atoms with Crippen LogP contribution in [0.4, 0.5) is 5.13 Å². The van der Waals surface area contributed by atoms with E-state index in [1.165, 1.54) is 11.3 Å². The summed E-state index contributed by atoms with van der Waals surface area (Å²) in [6.07, 6.45) is 1.81. The van der Waals surface area contributed by atoms with E-state index in [0.717, 1.165) is 31.6 Å². The molecule has 6 heteroatoms. The molecule has 1 aromatic rings. The molecule has 2 rings (SSSR count). The van der Waals surface area contributed by atoms with E-state index >= 15 is 0 Å². The van der Waals surface area contributed by atoms with Gasteiger partial charge >= 0.3 is 0 Å². The van der Waals surface area contributed by atoms with Crippen LogP contribution in [0.1, 0.15) is 18.5 Å². The predicted molar refractivity (Wildman–Crippen MR) is 67.1 cm³/mol. The molecule has 0 radical (unpaired) electrons.